The lowest BCUT2D eigenvalue weighted by atomic mass is 9.95. The Bertz CT molecular complexity index is 1010. The van der Waals surface area contributed by atoms with Crippen LogP contribution in [0.5, 0.6) is 0 Å². The topological polar surface area (TPSA) is 78.0 Å². The second-order valence-corrected chi connectivity index (χ2v) is 11.8. The Morgan fingerprint density at radius 1 is 0.875 bits per heavy atom. The molecule has 0 unspecified atom stereocenters. The number of rotatable bonds is 4. The van der Waals surface area contributed by atoms with Gasteiger partial charge in [-0.15, -0.1) is 0 Å². The van der Waals surface area contributed by atoms with Crippen LogP contribution in [0.4, 0.5) is 5.69 Å². The molecule has 0 radical (unpaired) electrons. The normalized spacial score (nSPS) is 25.1. The molecule has 32 heavy (non-hydrogen) atoms. The van der Waals surface area contributed by atoms with Crippen molar-refractivity contribution in [3.05, 3.63) is 23.8 Å². The van der Waals surface area contributed by atoms with Gasteiger partial charge in [0.15, 0.2) is 0 Å². The Labute approximate surface area is 190 Å². The van der Waals surface area contributed by atoms with E-state index in [1.54, 1.807) is 18.2 Å². The molecule has 2 amide bonds. The van der Waals surface area contributed by atoms with Crippen molar-refractivity contribution in [3.63, 3.8) is 0 Å². The summed E-state index contributed by atoms with van der Waals surface area (Å²) in [7, 11) is -3.61. The Morgan fingerprint density at radius 2 is 1.53 bits per heavy atom. The van der Waals surface area contributed by atoms with Crippen LogP contribution in [-0.4, -0.2) is 61.7 Å². The Morgan fingerprint density at radius 3 is 2.19 bits per heavy atom. The first-order valence-corrected chi connectivity index (χ1v) is 13.5. The molecule has 1 saturated carbocycles. The molecule has 8 heteroatoms. The smallest absolute Gasteiger partial charge is 0.243 e. The van der Waals surface area contributed by atoms with Gasteiger partial charge in [0.25, 0.3) is 0 Å². The number of likely N-dealkylation sites (tertiary alicyclic amines) is 1. The number of fused-ring (bicyclic) bond motifs is 1. The third kappa shape index (κ3) is 3.96. The van der Waals surface area contributed by atoms with E-state index < -0.39 is 10.0 Å². The summed E-state index contributed by atoms with van der Waals surface area (Å²) in [6, 6.07) is 5.27. The van der Waals surface area contributed by atoms with Gasteiger partial charge in [-0.25, -0.2) is 8.42 Å². The minimum Gasteiger partial charge on any atom is -0.342 e. The van der Waals surface area contributed by atoms with Crippen LogP contribution in [-0.2, 0) is 26.0 Å². The predicted octanol–water partition coefficient (Wildman–Crippen LogP) is 2.79. The van der Waals surface area contributed by atoms with Crippen molar-refractivity contribution in [3.8, 4) is 0 Å². The van der Waals surface area contributed by atoms with Crippen LogP contribution < -0.4 is 4.90 Å². The van der Waals surface area contributed by atoms with Crippen molar-refractivity contribution >= 4 is 27.5 Å². The zero-order valence-electron chi connectivity index (χ0n) is 18.8. The van der Waals surface area contributed by atoms with Gasteiger partial charge in [0.1, 0.15) is 0 Å². The summed E-state index contributed by atoms with van der Waals surface area (Å²) in [5.74, 6) is 0.448. The number of nitrogens with zero attached hydrogens (tertiary/aromatic N) is 3. The number of sulfonamides is 1. The lowest BCUT2D eigenvalue weighted by molar-refractivity contribution is -0.137. The van der Waals surface area contributed by atoms with Crippen LogP contribution in [0.15, 0.2) is 23.1 Å². The molecule has 5 rings (SSSR count). The summed E-state index contributed by atoms with van der Waals surface area (Å²) in [4.78, 5) is 29.6. The quantitative estimate of drug-likeness (QED) is 0.694. The highest BCUT2D eigenvalue weighted by atomic mass is 32.2. The molecule has 3 aliphatic heterocycles. The van der Waals surface area contributed by atoms with Gasteiger partial charge in [0, 0.05) is 49.7 Å². The third-order valence-corrected chi connectivity index (χ3v) is 9.43. The van der Waals surface area contributed by atoms with Crippen LogP contribution in [0, 0.1) is 11.8 Å². The first-order chi connectivity index (χ1) is 15.4. The average molecular weight is 460 g/mol. The maximum Gasteiger partial charge on any atom is 0.243 e. The summed E-state index contributed by atoms with van der Waals surface area (Å²) in [6.45, 7) is 4.47. The molecule has 0 spiro atoms. The number of hydrogen-bond acceptors (Lipinski definition) is 4. The lowest BCUT2D eigenvalue weighted by Gasteiger charge is -2.35. The number of amides is 2. The van der Waals surface area contributed by atoms with E-state index in [-0.39, 0.29) is 29.7 Å². The first kappa shape index (κ1) is 21.9. The van der Waals surface area contributed by atoms with Gasteiger partial charge in [-0.1, -0.05) is 0 Å². The second kappa shape index (κ2) is 8.45. The summed E-state index contributed by atoms with van der Waals surface area (Å²) < 4.78 is 28.2. The number of piperidine rings is 2. The van der Waals surface area contributed by atoms with Gasteiger partial charge < -0.3 is 9.80 Å². The lowest BCUT2D eigenvalue weighted by Crippen LogP contribution is -2.45. The number of carbonyl (C=O) groups is 2. The van der Waals surface area contributed by atoms with Crippen molar-refractivity contribution in [1.82, 2.24) is 9.21 Å². The zero-order valence-corrected chi connectivity index (χ0v) is 19.6. The van der Waals surface area contributed by atoms with E-state index in [4.69, 9.17) is 0 Å². The largest absolute Gasteiger partial charge is 0.342 e. The Kier molecular flexibility index (Phi) is 5.78. The van der Waals surface area contributed by atoms with Gasteiger partial charge in [-0.2, -0.15) is 4.31 Å². The van der Waals surface area contributed by atoms with E-state index in [0.717, 1.165) is 50.0 Å². The number of anilines is 1. The highest BCUT2D eigenvalue weighted by Gasteiger charge is 2.40. The van der Waals surface area contributed by atoms with Gasteiger partial charge in [0.2, 0.25) is 21.8 Å². The van der Waals surface area contributed by atoms with Crippen molar-refractivity contribution in [1.29, 1.82) is 0 Å². The van der Waals surface area contributed by atoms with Crippen molar-refractivity contribution < 1.29 is 18.0 Å². The standard InChI is InChI=1S/C24H33N3O4S/c1-17-15-20-16-21(7-8-22(20)27(17)24(29)18-5-6-18)32(30,31)26-13-9-19(10-14-26)23(28)25-11-3-2-4-12-25/h7-8,16-19H,2-6,9-15H2,1H3/t17-/m1/s1. The van der Waals surface area contributed by atoms with Crippen molar-refractivity contribution in [2.45, 2.75) is 69.2 Å². The maximum absolute atomic E-state index is 13.3. The molecule has 1 atom stereocenters. The van der Waals surface area contributed by atoms with Gasteiger partial charge in [-0.3, -0.25) is 9.59 Å². The molecule has 3 fully saturated rings. The summed E-state index contributed by atoms with van der Waals surface area (Å²) in [6.07, 6.45) is 7.09. The molecule has 7 nitrogen and oxygen atoms in total. The van der Waals surface area contributed by atoms with E-state index >= 15 is 0 Å². The molecule has 0 bridgehead atoms. The summed E-state index contributed by atoms with van der Waals surface area (Å²) in [5, 5.41) is 0. The van der Waals surface area contributed by atoms with Crippen molar-refractivity contribution in [2.24, 2.45) is 11.8 Å². The second-order valence-electron chi connectivity index (χ2n) is 9.89. The van der Waals surface area contributed by atoms with Crippen molar-refractivity contribution in [2.75, 3.05) is 31.1 Å². The molecule has 0 aromatic heterocycles. The number of benzene rings is 1. The van der Waals surface area contributed by atoms with Gasteiger partial charge in [0.05, 0.1) is 4.90 Å². The van der Waals surface area contributed by atoms with E-state index in [1.807, 2.05) is 16.7 Å². The SMILES string of the molecule is C[C@@H]1Cc2cc(S(=O)(=O)N3CCC(C(=O)N4CCCCC4)CC3)ccc2N1C(=O)C1CC1. The van der Waals surface area contributed by atoms with E-state index in [1.165, 1.54) is 10.7 Å². The summed E-state index contributed by atoms with van der Waals surface area (Å²) >= 11 is 0. The zero-order chi connectivity index (χ0) is 22.5. The molecule has 0 N–H and O–H groups in total. The molecular weight excluding hydrogens is 426 g/mol. The monoisotopic (exact) mass is 459 g/mol. The fourth-order valence-electron chi connectivity index (χ4n) is 5.50. The van der Waals surface area contributed by atoms with Crippen LogP contribution >= 0.6 is 0 Å². The molecule has 1 aliphatic carbocycles. The Balaban J connectivity index is 1.27. The van der Waals surface area contributed by atoms with E-state index in [9.17, 15) is 18.0 Å². The fraction of sp³-hybridized carbons (Fsp3) is 0.667. The maximum atomic E-state index is 13.3. The predicted molar refractivity (Wildman–Crippen MR) is 122 cm³/mol. The molecule has 1 aromatic rings. The molecule has 4 aliphatic rings. The van der Waals surface area contributed by atoms with Crippen LogP contribution in [0.2, 0.25) is 0 Å². The number of carbonyl (C=O) groups excluding carboxylic acids is 2. The fourth-order valence-corrected chi connectivity index (χ4v) is 7.02. The molecule has 3 heterocycles. The van der Waals surface area contributed by atoms with Gasteiger partial charge in [-0.05, 0) is 82.1 Å². The van der Waals surface area contributed by atoms with Crippen LogP contribution in [0.1, 0.15) is 57.4 Å². The summed E-state index contributed by atoms with van der Waals surface area (Å²) in [5.41, 5.74) is 1.79. The minimum absolute atomic E-state index is 0.0626. The van der Waals surface area contributed by atoms with Crippen LogP contribution in [0.25, 0.3) is 0 Å². The highest BCUT2D eigenvalue weighted by Crippen LogP contribution is 2.40. The molecular formula is C24H33N3O4S. The van der Waals surface area contributed by atoms with Gasteiger partial charge >= 0.3 is 0 Å². The first-order valence-electron chi connectivity index (χ1n) is 12.1. The average Bonchev–Trinajstić information content (AvgIpc) is 3.61. The van der Waals surface area contributed by atoms with E-state index in [0.29, 0.717) is 37.2 Å². The molecule has 2 saturated heterocycles. The third-order valence-electron chi connectivity index (χ3n) is 7.54. The molecule has 174 valence electrons. The van der Waals surface area contributed by atoms with E-state index in [2.05, 4.69) is 0 Å². The Hall–Kier alpha value is -1.93. The minimum atomic E-state index is -3.61. The van der Waals surface area contributed by atoms with Crippen LogP contribution in [0.3, 0.4) is 0 Å². The highest BCUT2D eigenvalue weighted by molar-refractivity contribution is 7.89. The number of hydrogen-bond donors (Lipinski definition) is 0. The molecule has 1 aromatic carbocycles.